The zero-order valence-electron chi connectivity index (χ0n) is 32.4. The van der Waals surface area contributed by atoms with Crippen molar-refractivity contribution in [3.05, 3.63) is 113 Å². The summed E-state index contributed by atoms with van der Waals surface area (Å²) in [5, 5.41) is 8.91. The molecule has 2 aliphatic rings. The molecule has 1 fully saturated rings. The number of benzene rings is 4. The highest BCUT2D eigenvalue weighted by Crippen LogP contribution is 2.35. The number of Topliss-reactive ketones (excluding diaryl/α,β-unsaturated/α-hetero) is 1. The number of nitrogens with two attached hydrogens (primary N) is 1. The van der Waals surface area contributed by atoms with Crippen molar-refractivity contribution in [2.45, 2.75) is 44.6 Å². The average molecular weight is 846 g/mol. The number of aromatic nitrogens is 1. The second-order valence-corrected chi connectivity index (χ2v) is 15.0. The molecule has 1 aromatic heterocycles. The largest absolute Gasteiger partial charge is 0.485 e. The summed E-state index contributed by atoms with van der Waals surface area (Å²) in [6.45, 7) is 0.0630. The van der Waals surface area contributed by atoms with Crippen LogP contribution in [0.25, 0.3) is 22.0 Å². The number of rotatable bonds is 17. The number of anilines is 3. The Labute approximate surface area is 350 Å². The predicted octanol–water partition coefficient (Wildman–Crippen LogP) is 4.63. The monoisotopic (exact) mass is 845 g/mol. The molecule has 0 spiro atoms. The number of piperidine rings is 1. The Balaban J connectivity index is 0.882. The number of nitrogens with zero attached hydrogens (tertiary/aromatic N) is 2. The number of ketones is 1. The van der Waals surface area contributed by atoms with Gasteiger partial charge < -0.3 is 21.1 Å². The van der Waals surface area contributed by atoms with Gasteiger partial charge >= 0.3 is 0 Å². The van der Waals surface area contributed by atoms with Gasteiger partial charge in [-0.2, -0.15) is 0 Å². The highest BCUT2D eigenvalue weighted by Gasteiger charge is 2.46. The lowest BCUT2D eigenvalue weighted by Crippen LogP contribution is -2.54. The molecule has 1 saturated heterocycles. The Morgan fingerprint density at radius 1 is 0.902 bits per heavy atom. The van der Waals surface area contributed by atoms with Crippen molar-refractivity contribution in [2.24, 2.45) is 5.73 Å². The number of carbonyl (C=O) groups excluding carboxylic acids is 7. The zero-order chi connectivity index (χ0) is 43.2. The molecule has 2 atom stereocenters. The van der Waals surface area contributed by atoms with E-state index in [1.165, 1.54) is 24.4 Å². The molecule has 18 heteroatoms. The van der Waals surface area contributed by atoms with Gasteiger partial charge in [0.05, 0.1) is 27.9 Å². The van der Waals surface area contributed by atoms with Crippen LogP contribution in [0.2, 0.25) is 0 Å². The van der Waals surface area contributed by atoms with E-state index in [0.717, 1.165) is 16.0 Å². The van der Waals surface area contributed by atoms with Crippen molar-refractivity contribution in [3.63, 3.8) is 0 Å². The molecule has 17 nitrogen and oxygen atoms in total. The van der Waals surface area contributed by atoms with Crippen LogP contribution in [-0.4, -0.2) is 79.1 Å². The highest BCUT2D eigenvalue weighted by molar-refractivity contribution is 7.80. The summed E-state index contributed by atoms with van der Waals surface area (Å²) in [5.41, 5.74) is 10.0. The van der Waals surface area contributed by atoms with Crippen LogP contribution in [-0.2, 0) is 25.7 Å². The minimum absolute atomic E-state index is 0.00223. The smallest absolute Gasteiger partial charge is 0.266 e. The summed E-state index contributed by atoms with van der Waals surface area (Å²) in [4.78, 5) is 93.5. The van der Waals surface area contributed by atoms with Crippen LogP contribution in [0.4, 0.5) is 17.1 Å². The molecule has 3 heterocycles. The molecule has 0 aliphatic carbocycles. The normalized spacial score (nSPS) is 15.2. The van der Waals surface area contributed by atoms with Crippen molar-refractivity contribution >= 4 is 80.5 Å². The number of fused-ring (bicyclic) bond motifs is 2. The second kappa shape index (κ2) is 18.3. The van der Waals surface area contributed by atoms with Gasteiger partial charge in [0.1, 0.15) is 18.4 Å². The summed E-state index contributed by atoms with van der Waals surface area (Å²) in [5.74, 6) is -3.67. The first-order valence-electron chi connectivity index (χ1n) is 19.2. The minimum atomic E-state index is -2.23. The van der Waals surface area contributed by atoms with Crippen molar-refractivity contribution in [2.75, 3.05) is 23.2 Å². The SMILES string of the molecule is NC(=O)c1cnc2ccc(-c3ccc(C(=O)NCCCCCC(=O)COc4cccc5c4C(=O)N(C4CCC(=O)NC4=O)C5=O)cc3)cc2c1Nc1ccc(NS(=O)O)cc1. The summed E-state index contributed by atoms with van der Waals surface area (Å²) in [6, 6.07) is 22.5. The Morgan fingerprint density at radius 2 is 1.64 bits per heavy atom. The Hall–Kier alpha value is -7.31. The molecule has 7 N–H and O–H groups in total. The first kappa shape index (κ1) is 41.8. The molecule has 2 unspecified atom stereocenters. The van der Waals surface area contributed by atoms with Gasteiger partial charge in [-0.05, 0) is 91.1 Å². The second-order valence-electron chi connectivity index (χ2n) is 14.3. The van der Waals surface area contributed by atoms with Gasteiger partial charge in [0.25, 0.3) is 34.9 Å². The van der Waals surface area contributed by atoms with Crippen LogP contribution in [0.5, 0.6) is 5.75 Å². The number of carbonyl (C=O) groups is 7. The third kappa shape index (κ3) is 9.45. The number of hydrogen-bond acceptors (Lipinski definition) is 11. The first-order chi connectivity index (χ1) is 29.4. The van der Waals surface area contributed by atoms with Crippen LogP contribution in [0.1, 0.15) is 80.0 Å². The van der Waals surface area contributed by atoms with Gasteiger partial charge in [0.2, 0.25) is 11.8 Å². The molecular weight excluding hydrogens is 807 g/mol. The van der Waals surface area contributed by atoms with E-state index in [-0.39, 0.29) is 60.0 Å². The van der Waals surface area contributed by atoms with Crippen molar-refractivity contribution in [3.8, 4) is 16.9 Å². The van der Waals surface area contributed by atoms with E-state index in [0.29, 0.717) is 59.3 Å². The van der Waals surface area contributed by atoms with Crippen LogP contribution in [0.15, 0.2) is 91.1 Å². The van der Waals surface area contributed by atoms with Crippen molar-refractivity contribution < 1.29 is 47.1 Å². The molecule has 7 rings (SSSR count). The summed E-state index contributed by atoms with van der Waals surface area (Å²) >= 11 is -2.23. The van der Waals surface area contributed by atoms with Gasteiger partial charge in [-0.15, -0.1) is 0 Å². The minimum Gasteiger partial charge on any atom is -0.485 e. The third-order valence-corrected chi connectivity index (χ3v) is 10.6. The number of hydrogen-bond donors (Lipinski definition) is 6. The standard InChI is InChI=1S/C43H39N7O10S/c44-39(53)32-22-46-33-17-12-26(21-31(33)38(32)47-27-13-15-28(16-14-27)49-61(58)59)24-8-10-25(11-9-24)40(54)45-20-3-1-2-5-29(51)23-60-35-7-4-6-30-37(35)43(57)50(42(30)56)34-18-19-36(52)48-41(34)55/h4,6-17,21-22,34,49H,1-3,5,18-20,23H2,(H2,44,53)(H,45,54)(H,46,47)(H,58,59)(H,48,52,55). The third-order valence-electron chi connectivity index (χ3n) is 10.2. The molecule has 0 radical (unpaired) electrons. The van der Waals surface area contributed by atoms with Gasteiger partial charge in [0, 0.05) is 47.9 Å². The number of pyridine rings is 1. The molecule has 0 bridgehead atoms. The van der Waals surface area contributed by atoms with E-state index in [2.05, 4.69) is 25.7 Å². The Kier molecular flexibility index (Phi) is 12.6. The molecule has 4 aromatic carbocycles. The van der Waals surface area contributed by atoms with E-state index in [4.69, 9.17) is 15.0 Å². The van der Waals surface area contributed by atoms with Crippen LogP contribution >= 0.6 is 0 Å². The van der Waals surface area contributed by atoms with E-state index in [1.807, 2.05) is 30.3 Å². The zero-order valence-corrected chi connectivity index (χ0v) is 33.2. The quantitative estimate of drug-likeness (QED) is 0.0426. The molecule has 2 aliphatic heterocycles. The van der Waals surface area contributed by atoms with Gasteiger partial charge in [0.15, 0.2) is 5.78 Å². The fourth-order valence-electron chi connectivity index (χ4n) is 7.14. The maximum absolute atomic E-state index is 13.3. The summed E-state index contributed by atoms with van der Waals surface area (Å²) in [7, 11) is 0. The van der Waals surface area contributed by atoms with Crippen molar-refractivity contribution in [1.82, 2.24) is 20.5 Å². The van der Waals surface area contributed by atoms with E-state index in [9.17, 15) is 37.8 Å². The lowest BCUT2D eigenvalue weighted by Gasteiger charge is -2.27. The molecule has 5 aromatic rings. The molecule has 0 saturated carbocycles. The lowest BCUT2D eigenvalue weighted by atomic mass is 9.99. The topological polar surface area (TPSA) is 256 Å². The van der Waals surface area contributed by atoms with Gasteiger partial charge in [-0.3, -0.25) is 58.0 Å². The average Bonchev–Trinajstić information content (AvgIpc) is 3.50. The van der Waals surface area contributed by atoms with E-state index >= 15 is 0 Å². The molecular formula is C43H39N7O10S. The van der Waals surface area contributed by atoms with Crippen LogP contribution in [0, 0.1) is 0 Å². The first-order valence-corrected chi connectivity index (χ1v) is 20.3. The Bertz CT molecular complexity index is 2620. The number of imide groups is 2. The fraction of sp³-hybridized carbons (Fsp3) is 0.209. The highest BCUT2D eigenvalue weighted by atomic mass is 32.2. The number of ether oxygens (including phenoxy) is 1. The lowest BCUT2D eigenvalue weighted by molar-refractivity contribution is -0.136. The van der Waals surface area contributed by atoms with E-state index < -0.39 is 46.8 Å². The number of nitrogens with one attached hydrogen (secondary N) is 4. The predicted molar refractivity (Wildman–Crippen MR) is 224 cm³/mol. The van der Waals surface area contributed by atoms with Crippen LogP contribution < -0.4 is 31.1 Å². The maximum atomic E-state index is 13.3. The molecule has 312 valence electrons. The molecule has 6 amide bonds. The Morgan fingerprint density at radius 3 is 2.36 bits per heavy atom. The number of amides is 6. The molecule has 61 heavy (non-hydrogen) atoms. The number of unbranched alkanes of at least 4 members (excludes halogenated alkanes) is 2. The fourth-order valence-corrected chi connectivity index (χ4v) is 7.47. The van der Waals surface area contributed by atoms with Gasteiger partial charge in [-0.1, -0.05) is 30.7 Å². The number of primary amides is 1. The maximum Gasteiger partial charge on any atom is 0.266 e. The van der Waals surface area contributed by atoms with Crippen LogP contribution in [0.3, 0.4) is 0 Å². The van der Waals surface area contributed by atoms with Crippen molar-refractivity contribution in [1.29, 1.82) is 0 Å². The summed E-state index contributed by atoms with van der Waals surface area (Å²) in [6.07, 6.45) is 3.43. The van der Waals surface area contributed by atoms with E-state index in [1.54, 1.807) is 36.4 Å². The summed E-state index contributed by atoms with van der Waals surface area (Å²) < 4.78 is 28.2. The van der Waals surface area contributed by atoms with Gasteiger partial charge in [-0.25, -0.2) is 4.21 Å².